The van der Waals surface area contributed by atoms with Crippen LogP contribution in [0.3, 0.4) is 0 Å². The van der Waals surface area contributed by atoms with Gasteiger partial charge in [0.25, 0.3) is 0 Å². The van der Waals surface area contributed by atoms with Crippen LogP contribution in [0.25, 0.3) is 0 Å². The molecule has 3 heteroatoms. The fourth-order valence-electron chi connectivity index (χ4n) is 4.94. The van der Waals surface area contributed by atoms with E-state index in [-0.39, 0.29) is 11.9 Å². The largest absolute Gasteiger partial charge is 0.426 e. The van der Waals surface area contributed by atoms with Gasteiger partial charge in [-0.3, -0.25) is 4.79 Å². The zero-order valence-electron chi connectivity index (χ0n) is 16.4. The Balaban J connectivity index is 1.53. The first-order chi connectivity index (χ1) is 12.5. The quantitative estimate of drug-likeness (QED) is 0.516. The summed E-state index contributed by atoms with van der Waals surface area (Å²) in [6.07, 6.45) is 9.78. The van der Waals surface area contributed by atoms with Gasteiger partial charge in [0.05, 0.1) is 17.6 Å². The molecule has 0 spiro atoms. The molecule has 1 aromatic carbocycles. The van der Waals surface area contributed by atoms with Crippen LogP contribution in [-0.2, 0) is 4.79 Å². The fraction of sp³-hybridized carbons (Fsp3) is 0.652. The highest BCUT2D eigenvalue weighted by atomic mass is 16.5. The highest BCUT2D eigenvalue weighted by molar-refractivity contribution is 5.75. The van der Waals surface area contributed by atoms with Gasteiger partial charge in [-0.15, -0.1) is 0 Å². The second kappa shape index (κ2) is 8.25. The lowest BCUT2D eigenvalue weighted by molar-refractivity contribution is -0.140. The lowest BCUT2D eigenvalue weighted by atomic mass is 9.69. The van der Waals surface area contributed by atoms with Crippen LogP contribution in [0.5, 0.6) is 5.75 Å². The maximum atomic E-state index is 12.6. The summed E-state index contributed by atoms with van der Waals surface area (Å²) in [6, 6.07) is 5.81. The highest BCUT2D eigenvalue weighted by Gasteiger charge is 2.33. The second-order valence-electron chi connectivity index (χ2n) is 8.60. The number of nitrogens with zero attached hydrogens (tertiary/aromatic N) is 1. The molecule has 0 heterocycles. The molecule has 0 aliphatic heterocycles. The Morgan fingerprint density at radius 1 is 0.962 bits per heavy atom. The average Bonchev–Trinajstić information content (AvgIpc) is 2.62. The number of esters is 1. The maximum absolute atomic E-state index is 12.6. The first-order valence-corrected chi connectivity index (χ1v) is 10.2. The molecule has 0 radical (unpaired) electrons. The normalized spacial score (nSPS) is 29.0. The van der Waals surface area contributed by atoms with Crippen molar-refractivity contribution < 1.29 is 9.53 Å². The minimum Gasteiger partial charge on any atom is -0.426 e. The number of carbonyl (C=O) groups is 1. The number of benzene rings is 1. The van der Waals surface area contributed by atoms with Crippen molar-refractivity contribution in [2.24, 2.45) is 23.7 Å². The lowest BCUT2D eigenvalue weighted by Crippen LogP contribution is -2.29. The van der Waals surface area contributed by atoms with Crippen LogP contribution < -0.4 is 4.74 Å². The molecule has 3 rings (SSSR count). The maximum Gasteiger partial charge on any atom is 0.314 e. The van der Waals surface area contributed by atoms with E-state index in [9.17, 15) is 4.79 Å². The first-order valence-electron chi connectivity index (χ1n) is 10.2. The minimum absolute atomic E-state index is 0.0324. The van der Waals surface area contributed by atoms with Crippen LogP contribution in [0.1, 0.15) is 75.0 Å². The number of hydrogen-bond donors (Lipinski definition) is 0. The molecule has 1 aromatic rings. The van der Waals surface area contributed by atoms with Gasteiger partial charge in [-0.2, -0.15) is 5.26 Å². The van der Waals surface area contributed by atoms with E-state index in [1.165, 1.54) is 38.5 Å². The predicted octanol–water partition coefficient (Wildman–Crippen LogP) is 5.71. The minimum atomic E-state index is -0.0933. The summed E-state index contributed by atoms with van der Waals surface area (Å²) >= 11 is 0. The molecular formula is C23H31NO2. The molecule has 0 aromatic heterocycles. The van der Waals surface area contributed by atoms with Gasteiger partial charge in [-0.25, -0.2) is 0 Å². The standard InChI is InChI=1S/C23H31NO2/c1-15-4-6-18(7-5-15)19-8-10-20(11-9-19)23(25)26-21-12-16(2)22(14-24)17(3)13-21/h12-13,15,18-20H,4-11H2,1-3H3. The van der Waals surface area contributed by atoms with Crippen LogP contribution in [0.4, 0.5) is 0 Å². The van der Waals surface area contributed by atoms with Crippen LogP contribution in [0.2, 0.25) is 0 Å². The Bertz CT molecular complexity index is 664. The number of aryl methyl sites for hydroxylation is 2. The number of carbonyl (C=O) groups excluding carboxylic acids is 1. The first kappa shape index (κ1) is 19.0. The molecule has 2 fully saturated rings. The fourth-order valence-corrected chi connectivity index (χ4v) is 4.94. The van der Waals surface area contributed by atoms with E-state index >= 15 is 0 Å². The predicted molar refractivity (Wildman–Crippen MR) is 103 cm³/mol. The lowest BCUT2D eigenvalue weighted by Gasteiger charge is -2.36. The monoisotopic (exact) mass is 353 g/mol. The van der Waals surface area contributed by atoms with E-state index in [2.05, 4.69) is 13.0 Å². The van der Waals surface area contributed by atoms with Gasteiger partial charge >= 0.3 is 5.97 Å². The van der Waals surface area contributed by atoms with Crippen molar-refractivity contribution in [3.63, 3.8) is 0 Å². The van der Waals surface area contributed by atoms with Crippen molar-refractivity contribution >= 4 is 5.97 Å². The van der Waals surface area contributed by atoms with Crippen LogP contribution in [0, 0.1) is 48.9 Å². The van der Waals surface area contributed by atoms with Crippen LogP contribution >= 0.6 is 0 Å². The van der Waals surface area contributed by atoms with E-state index in [0.29, 0.717) is 11.3 Å². The molecule has 0 atom stereocenters. The van der Waals surface area contributed by atoms with Gasteiger partial charge in [0.2, 0.25) is 0 Å². The smallest absolute Gasteiger partial charge is 0.314 e. The van der Waals surface area contributed by atoms with E-state index in [4.69, 9.17) is 10.00 Å². The average molecular weight is 354 g/mol. The number of hydrogen-bond acceptors (Lipinski definition) is 3. The van der Waals surface area contributed by atoms with Crippen molar-refractivity contribution in [3.8, 4) is 11.8 Å². The summed E-state index contributed by atoms with van der Waals surface area (Å²) in [6.45, 7) is 6.15. The van der Waals surface area contributed by atoms with Crippen LogP contribution in [-0.4, -0.2) is 5.97 Å². The molecule has 140 valence electrons. The van der Waals surface area contributed by atoms with E-state index in [0.717, 1.165) is 41.7 Å². The third kappa shape index (κ3) is 4.29. The summed E-state index contributed by atoms with van der Waals surface area (Å²) in [7, 11) is 0. The van der Waals surface area contributed by atoms with Crippen molar-refractivity contribution in [3.05, 3.63) is 28.8 Å². The second-order valence-corrected chi connectivity index (χ2v) is 8.60. The zero-order valence-corrected chi connectivity index (χ0v) is 16.4. The van der Waals surface area contributed by atoms with Gasteiger partial charge < -0.3 is 4.74 Å². The topological polar surface area (TPSA) is 50.1 Å². The Labute approximate surface area is 157 Å². The van der Waals surface area contributed by atoms with Gasteiger partial charge in [-0.1, -0.05) is 19.8 Å². The summed E-state index contributed by atoms with van der Waals surface area (Å²) in [5.74, 6) is 3.11. The molecule has 3 nitrogen and oxygen atoms in total. The molecule has 0 amide bonds. The van der Waals surface area contributed by atoms with E-state index < -0.39 is 0 Å². The Morgan fingerprint density at radius 2 is 1.46 bits per heavy atom. The van der Waals surface area contributed by atoms with Gasteiger partial charge in [0, 0.05) is 0 Å². The van der Waals surface area contributed by atoms with Crippen molar-refractivity contribution in [2.45, 2.75) is 72.1 Å². The van der Waals surface area contributed by atoms with Crippen molar-refractivity contribution in [1.82, 2.24) is 0 Å². The third-order valence-electron chi connectivity index (χ3n) is 6.67. The molecule has 2 aliphatic rings. The summed E-state index contributed by atoms with van der Waals surface area (Å²) in [5.41, 5.74) is 2.41. The molecule has 0 saturated heterocycles. The number of ether oxygens (including phenoxy) is 1. The van der Waals surface area contributed by atoms with E-state index in [1.807, 2.05) is 13.8 Å². The van der Waals surface area contributed by atoms with Crippen LogP contribution in [0.15, 0.2) is 12.1 Å². The van der Waals surface area contributed by atoms with Crippen molar-refractivity contribution in [1.29, 1.82) is 5.26 Å². The number of nitriles is 1. The summed E-state index contributed by atoms with van der Waals surface area (Å²) < 4.78 is 5.66. The Morgan fingerprint density at radius 3 is 1.96 bits per heavy atom. The Kier molecular flexibility index (Phi) is 6.01. The molecule has 0 unspecified atom stereocenters. The molecule has 2 saturated carbocycles. The molecular weight excluding hydrogens is 322 g/mol. The molecule has 0 bridgehead atoms. The van der Waals surface area contributed by atoms with E-state index in [1.54, 1.807) is 12.1 Å². The van der Waals surface area contributed by atoms with Crippen molar-refractivity contribution in [2.75, 3.05) is 0 Å². The van der Waals surface area contributed by atoms with Gasteiger partial charge in [-0.05, 0) is 93.4 Å². The molecule has 2 aliphatic carbocycles. The molecule has 26 heavy (non-hydrogen) atoms. The highest BCUT2D eigenvalue weighted by Crippen LogP contribution is 2.41. The third-order valence-corrected chi connectivity index (χ3v) is 6.67. The number of rotatable bonds is 3. The summed E-state index contributed by atoms with van der Waals surface area (Å²) in [5, 5.41) is 9.16. The van der Waals surface area contributed by atoms with Gasteiger partial charge in [0.15, 0.2) is 0 Å². The summed E-state index contributed by atoms with van der Waals surface area (Å²) in [4.78, 5) is 12.6. The SMILES string of the molecule is Cc1cc(OC(=O)C2CCC(C3CCC(C)CC3)CC2)cc(C)c1C#N. The molecule has 0 N–H and O–H groups in total. The Hall–Kier alpha value is -1.82. The zero-order chi connectivity index (χ0) is 18.7. The van der Waals surface area contributed by atoms with Gasteiger partial charge in [0.1, 0.15) is 5.75 Å².